The first-order valence-electron chi connectivity index (χ1n) is 8.75. The molecule has 0 saturated carbocycles. The molecule has 5 nitrogen and oxygen atoms in total. The van der Waals surface area contributed by atoms with E-state index in [9.17, 15) is 14.3 Å². The third kappa shape index (κ3) is 3.84. The number of aromatic hydroxyl groups is 1. The second-order valence-corrected chi connectivity index (χ2v) is 6.13. The van der Waals surface area contributed by atoms with Gasteiger partial charge in [0, 0.05) is 6.54 Å². The molecule has 0 spiro atoms. The molecule has 1 aromatic heterocycles. The summed E-state index contributed by atoms with van der Waals surface area (Å²) in [6.07, 6.45) is 0.819. The SMILES string of the molecule is CCc1c(O)nc(-c2ccccc2OC)n(CCc2cccc(F)c2)c1=O. The van der Waals surface area contributed by atoms with Gasteiger partial charge in [-0.3, -0.25) is 9.36 Å². The topological polar surface area (TPSA) is 64.4 Å². The van der Waals surface area contributed by atoms with Crippen LogP contribution in [-0.2, 0) is 19.4 Å². The van der Waals surface area contributed by atoms with Gasteiger partial charge in [-0.1, -0.05) is 31.2 Å². The van der Waals surface area contributed by atoms with E-state index in [0.29, 0.717) is 36.5 Å². The van der Waals surface area contributed by atoms with Crippen LogP contribution in [0.15, 0.2) is 53.3 Å². The highest BCUT2D eigenvalue weighted by Crippen LogP contribution is 2.29. The van der Waals surface area contributed by atoms with E-state index in [2.05, 4.69) is 4.98 Å². The van der Waals surface area contributed by atoms with Gasteiger partial charge in [0.15, 0.2) is 5.82 Å². The van der Waals surface area contributed by atoms with E-state index in [-0.39, 0.29) is 22.8 Å². The number of nitrogens with zero attached hydrogens (tertiary/aromatic N) is 2. The van der Waals surface area contributed by atoms with Crippen LogP contribution in [0.3, 0.4) is 0 Å². The van der Waals surface area contributed by atoms with Crippen LogP contribution in [0.25, 0.3) is 11.4 Å². The normalized spacial score (nSPS) is 10.8. The lowest BCUT2D eigenvalue weighted by Crippen LogP contribution is -2.27. The number of para-hydroxylation sites is 1. The van der Waals surface area contributed by atoms with Gasteiger partial charge in [-0.05, 0) is 42.7 Å². The first-order chi connectivity index (χ1) is 13.0. The van der Waals surface area contributed by atoms with Crippen LogP contribution in [0.5, 0.6) is 11.6 Å². The fourth-order valence-corrected chi connectivity index (χ4v) is 3.07. The Balaban J connectivity index is 2.11. The minimum absolute atomic E-state index is 0.257. The number of benzene rings is 2. The number of halogens is 1. The Kier molecular flexibility index (Phi) is 5.54. The molecule has 140 valence electrons. The molecular formula is C21H21FN2O3. The van der Waals surface area contributed by atoms with Crippen LogP contribution < -0.4 is 10.3 Å². The molecule has 0 aliphatic rings. The molecule has 0 aliphatic carbocycles. The summed E-state index contributed by atoms with van der Waals surface area (Å²) in [5.41, 5.74) is 1.34. The smallest absolute Gasteiger partial charge is 0.260 e. The Hall–Kier alpha value is -3.15. The van der Waals surface area contributed by atoms with Crippen LogP contribution in [0.2, 0.25) is 0 Å². The summed E-state index contributed by atoms with van der Waals surface area (Å²) >= 11 is 0. The van der Waals surface area contributed by atoms with E-state index in [1.54, 1.807) is 25.1 Å². The summed E-state index contributed by atoms with van der Waals surface area (Å²) in [4.78, 5) is 17.2. The van der Waals surface area contributed by atoms with E-state index in [0.717, 1.165) is 5.56 Å². The number of rotatable bonds is 6. The second-order valence-electron chi connectivity index (χ2n) is 6.13. The first kappa shape index (κ1) is 18.6. The standard InChI is InChI=1S/C21H21FN2O3/c1-3-16-20(25)23-19(17-9-4-5-10-18(17)27-2)24(21(16)26)12-11-14-7-6-8-15(22)13-14/h4-10,13,25H,3,11-12H2,1-2H3. The molecule has 2 aromatic carbocycles. The van der Waals surface area contributed by atoms with Crippen molar-refractivity contribution in [2.24, 2.45) is 0 Å². The zero-order chi connectivity index (χ0) is 19.4. The summed E-state index contributed by atoms with van der Waals surface area (Å²) in [5, 5.41) is 10.2. The van der Waals surface area contributed by atoms with Gasteiger partial charge in [-0.25, -0.2) is 4.39 Å². The highest BCUT2D eigenvalue weighted by molar-refractivity contribution is 5.65. The molecule has 3 rings (SSSR count). The average Bonchev–Trinajstić information content (AvgIpc) is 2.67. The van der Waals surface area contributed by atoms with Gasteiger partial charge in [0.1, 0.15) is 11.6 Å². The van der Waals surface area contributed by atoms with E-state index in [1.165, 1.54) is 23.8 Å². The molecule has 0 fully saturated rings. The van der Waals surface area contributed by atoms with Gasteiger partial charge in [-0.15, -0.1) is 0 Å². The molecule has 1 heterocycles. The summed E-state index contributed by atoms with van der Waals surface area (Å²) in [7, 11) is 1.54. The van der Waals surface area contributed by atoms with Crippen molar-refractivity contribution in [3.05, 3.63) is 75.8 Å². The van der Waals surface area contributed by atoms with E-state index in [4.69, 9.17) is 4.74 Å². The number of hydrogen-bond acceptors (Lipinski definition) is 4. The summed E-state index contributed by atoms with van der Waals surface area (Å²) in [6, 6.07) is 13.5. The zero-order valence-corrected chi connectivity index (χ0v) is 15.3. The molecule has 0 atom stereocenters. The van der Waals surface area contributed by atoms with Crippen molar-refractivity contribution in [1.82, 2.24) is 9.55 Å². The maximum Gasteiger partial charge on any atom is 0.260 e. The monoisotopic (exact) mass is 368 g/mol. The van der Waals surface area contributed by atoms with Crippen molar-refractivity contribution >= 4 is 0 Å². The van der Waals surface area contributed by atoms with Crippen molar-refractivity contribution in [2.75, 3.05) is 7.11 Å². The van der Waals surface area contributed by atoms with Crippen LogP contribution in [-0.4, -0.2) is 21.8 Å². The van der Waals surface area contributed by atoms with Gasteiger partial charge in [0.05, 0.1) is 18.2 Å². The summed E-state index contributed by atoms with van der Waals surface area (Å²) in [5.74, 6) is 0.282. The number of aryl methyl sites for hydroxylation is 1. The van der Waals surface area contributed by atoms with Crippen LogP contribution in [0.1, 0.15) is 18.1 Å². The molecule has 6 heteroatoms. The highest BCUT2D eigenvalue weighted by Gasteiger charge is 2.18. The molecule has 0 saturated heterocycles. The van der Waals surface area contributed by atoms with Crippen molar-refractivity contribution in [3.63, 3.8) is 0 Å². The lowest BCUT2D eigenvalue weighted by atomic mass is 10.1. The molecule has 0 bridgehead atoms. The lowest BCUT2D eigenvalue weighted by Gasteiger charge is -2.16. The lowest BCUT2D eigenvalue weighted by molar-refractivity contribution is 0.414. The number of hydrogen-bond donors (Lipinski definition) is 1. The van der Waals surface area contributed by atoms with Gasteiger partial charge in [-0.2, -0.15) is 4.98 Å². The first-order valence-corrected chi connectivity index (χ1v) is 8.75. The molecule has 0 radical (unpaired) electrons. The predicted octanol–water partition coefficient (Wildman–Crippen LogP) is 3.57. The molecule has 3 aromatic rings. The predicted molar refractivity (Wildman–Crippen MR) is 102 cm³/mol. The quantitative estimate of drug-likeness (QED) is 0.722. The van der Waals surface area contributed by atoms with Crippen LogP contribution in [0.4, 0.5) is 4.39 Å². The molecule has 0 aliphatic heterocycles. The Morgan fingerprint density at radius 2 is 1.96 bits per heavy atom. The molecule has 27 heavy (non-hydrogen) atoms. The van der Waals surface area contributed by atoms with E-state index < -0.39 is 0 Å². The van der Waals surface area contributed by atoms with Crippen LogP contribution in [0, 0.1) is 5.82 Å². The Morgan fingerprint density at radius 1 is 1.19 bits per heavy atom. The summed E-state index contributed by atoms with van der Waals surface area (Å²) in [6.45, 7) is 2.09. The van der Waals surface area contributed by atoms with Gasteiger partial charge in [0.25, 0.3) is 5.56 Å². The van der Waals surface area contributed by atoms with Gasteiger partial charge in [0.2, 0.25) is 5.88 Å². The van der Waals surface area contributed by atoms with E-state index >= 15 is 0 Å². The Labute approximate surface area is 156 Å². The highest BCUT2D eigenvalue weighted by atomic mass is 19.1. The summed E-state index contributed by atoms with van der Waals surface area (Å²) < 4.78 is 20.4. The maximum absolute atomic E-state index is 13.5. The van der Waals surface area contributed by atoms with Gasteiger partial charge >= 0.3 is 0 Å². The third-order valence-electron chi connectivity index (χ3n) is 4.46. The Morgan fingerprint density at radius 3 is 2.67 bits per heavy atom. The molecular weight excluding hydrogens is 347 g/mol. The fourth-order valence-electron chi connectivity index (χ4n) is 3.07. The fraction of sp³-hybridized carbons (Fsp3) is 0.238. The average molecular weight is 368 g/mol. The zero-order valence-electron chi connectivity index (χ0n) is 15.3. The second kappa shape index (κ2) is 8.03. The Bertz CT molecular complexity index is 1010. The van der Waals surface area contributed by atoms with Crippen LogP contribution >= 0.6 is 0 Å². The number of methoxy groups -OCH3 is 1. The number of ether oxygens (including phenoxy) is 1. The third-order valence-corrected chi connectivity index (χ3v) is 4.46. The molecule has 0 unspecified atom stereocenters. The molecule has 0 amide bonds. The van der Waals surface area contributed by atoms with Crippen molar-refractivity contribution in [3.8, 4) is 23.0 Å². The minimum atomic E-state index is -0.317. The van der Waals surface area contributed by atoms with E-state index in [1.807, 2.05) is 18.2 Å². The molecule has 1 N–H and O–H groups in total. The van der Waals surface area contributed by atoms with Crippen molar-refractivity contribution in [2.45, 2.75) is 26.3 Å². The minimum Gasteiger partial charge on any atom is -0.496 e. The largest absolute Gasteiger partial charge is 0.496 e. The maximum atomic E-state index is 13.5. The van der Waals surface area contributed by atoms with Crippen molar-refractivity contribution < 1.29 is 14.2 Å². The van der Waals surface area contributed by atoms with Gasteiger partial charge < -0.3 is 9.84 Å². The number of aromatic nitrogens is 2. The van der Waals surface area contributed by atoms with Crippen molar-refractivity contribution in [1.29, 1.82) is 0 Å².